The molecule has 0 amide bonds. The largest absolute Gasteiger partial charge is 0.497 e. The van der Waals surface area contributed by atoms with Crippen molar-refractivity contribution in [3.05, 3.63) is 81.8 Å². The first-order chi connectivity index (χ1) is 15.0. The smallest absolute Gasteiger partial charge is 0.419 e. The summed E-state index contributed by atoms with van der Waals surface area (Å²) in [7, 11) is -0.735. The third kappa shape index (κ3) is 5.64. The van der Waals surface area contributed by atoms with Crippen LogP contribution in [-0.4, -0.2) is 36.8 Å². The lowest BCUT2D eigenvalue weighted by Gasteiger charge is -2.18. The second-order valence-corrected chi connectivity index (χ2v) is 9.82. The number of benzene rings is 2. The number of aromatic nitrogens is 2. The maximum absolute atomic E-state index is 13.0. The summed E-state index contributed by atoms with van der Waals surface area (Å²) in [5, 5.41) is 0. The Morgan fingerprint density at radius 2 is 1.69 bits per heavy atom. The van der Waals surface area contributed by atoms with Gasteiger partial charge in [0, 0.05) is 36.9 Å². The van der Waals surface area contributed by atoms with E-state index in [1.807, 2.05) is 0 Å². The number of hydrogen-bond donors (Lipinski definition) is 0. The van der Waals surface area contributed by atoms with Crippen LogP contribution < -0.4 is 4.74 Å². The van der Waals surface area contributed by atoms with Gasteiger partial charge in [0.2, 0.25) is 10.0 Å². The minimum absolute atomic E-state index is 0.0810. The number of nitrogens with zero attached hydrogens (tertiary/aromatic N) is 3. The summed E-state index contributed by atoms with van der Waals surface area (Å²) >= 11 is 3.34. The van der Waals surface area contributed by atoms with Gasteiger partial charge in [-0.3, -0.25) is 0 Å². The van der Waals surface area contributed by atoms with Gasteiger partial charge in [0.1, 0.15) is 11.6 Å². The third-order valence-corrected chi connectivity index (χ3v) is 7.22. The highest BCUT2D eigenvalue weighted by Crippen LogP contribution is 2.29. The van der Waals surface area contributed by atoms with Gasteiger partial charge in [0.15, 0.2) is 0 Å². The first-order valence-corrected chi connectivity index (χ1v) is 11.5. The Balaban J connectivity index is 1.75. The van der Waals surface area contributed by atoms with Crippen molar-refractivity contribution in [2.75, 3.05) is 14.2 Å². The Morgan fingerprint density at radius 3 is 2.22 bits per heavy atom. The van der Waals surface area contributed by atoms with Crippen molar-refractivity contribution in [1.82, 2.24) is 14.3 Å². The van der Waals surface area contributed by atoms with Crippen LogP contribution in [0.1, 0.15) is 22.5 Å². The summed E-state index contributed by atoms with van der Waals surface area (Å²) in [5.41, 5.74) is 0.509. The Bertz CT molecular complexity index is 1190. The molecule has 0 aliphatic carbocycles. The fourth-order valence-electron chi connectivity index (χ4n) is 2.85. The van der Waals surface area contributed by atoms with Crippen molar-refractivity contribution >= 4 is 26.0 Å². The highest BCUT2D eigenvalue weighted by Gasteiger charge is 2.31. The predicted octanol–water partition coefficient (Wildman–Crippen LogP) is 4.68. The van der Waals surface area contributed by atoms with E-state index < -0.39 is 21.8 Å². The predicted molar refractivity (Wildman–Crippen MR) is 116 cm³/mol. The molecule has 3 rings (SSSR count). The highest BCUT2D eigenvalue weighted by molar-refractivity contribution is 9.10. The average Bonchev–Trinajstić information content (AvgIpc) is 2.75. The Labute approximate surface area is 192 Å². The van der Waals surface area contributed by atoms with Crippen LogP contribution in [0.15, 0.2) is 64.2 Å². The number of rotatable bonds is 7. The summed E-state index contributed by atoms with van der Waals surface area (Å²) in [6.45, 7) is 0.172. The number of halogens is 4. The van der Waals surface area contributed by atoms with E-state index in [-0.39, 0.29) is 23.7 Å². The number of sulfonamides is 1. The molecule has 0 aliphatic heterocycles. The molecule has 2 aromatic carbocycles. The molecule has 0 saturated heterocycles. The summed E-state index contributed by atoms with van der Waals surface area (Å²) < 4.78 is 70.7. The number of alkyl halides is 3. The first kappa shape index (κ1) is 24.1. The monoisotopic (exact) mass is 529 g/mol. The molecule has 0 fully saturated rings. The summed E-state index contributed by atoms with van der Waals surface area (Å²) in [5.74, 6) is 0.863. The lowest BCUT2D eigenvalue weighted by molar-refractivity contribution is -0.138. The molecule has 0 N–H and O–H groups in total. The summed E-state index contributed by atoms with van der Waals surface area (Å²) in [6.07, 6.45) is -2.92. The van der Waals surface area contributed by atoms with Gasteiger partial charge in [0.05, 0.1) is 17.6 Å². The van der Waals surface area contributed by atoms with Gasteiger partial charge in [-0.05, 0) is 35.4 Å². The van der Waals surface area contributed by atoms with E-state index in [2.05, 4.69) is 25.9 Å². The molecule has 0 spiro atoms. The van der Waals surface area contributed by atoms with Gasteiger partial charge >= 0.3 is 6.18 Å². The zero-order valence-electron chi connectivity index (χ0n) is 17.1. The van der Waals surface area contributed by atoms with Crippen molar-refractivity contribution in [2.45, 2.75) is 24.0 Å². The van der Waals surface area contributed by atoms with Crippen LogP contribution in [0.4, 0.5) is 13.2 Å². The van der Waals surface area contributed by atoms with Crippen molar-refractivity contribution in [2.24, 2.45) is 0 Å². The van der Waals surface area contributed by atoms with E-state index in [1.165, 1.54) is 23.5 Å². The third-order valence-electron chi connectivity index (χ3n) is 4.68. The Hall–Kier alpha value is -2.50. The van der Waals surface area contributed by atoms with E-state index in [0.717, 1.165) is 18.0 Å². The molecule has 170 valence electrons. The van der Waals surface area contributed by atoms with E-state index in [9.17, 15) is 21.6 Å². The molecule has 6 nitrogen and oxygen atoms in total. The Morgan fingerprint density at radius 1 is 1.06 bits per heavy atom. The number of ether oxygens (including phenoxy) is 1. The van der Waals surface area contributed by atoms with Crippen LogP contribution in [-0.2, 0) is 29.2 Å². The molecular formula is C21H19BrF3N3O3S. The van der Waals surface area contributed by atoms with Crippen LogP contribution in [0, 0.1) is 0 Å². The topological polar surface area (TPSA) is 72.4 Å². The van der Waals surface area contributed by atoms with Crippen LogP contribution in [0.25, 0.3) is 0 Å². The van der Waals surface area contributed by atoms with Crippen LogP contribution in [0.5, 0.6) is 5.75 Å². The SMILES string of the molecule is COc1ccc(CN(C)S(=O)(=O)c2ccc(Cc3ncc(C(F)(F)F)cn3)c(Br)c2)cc1. The van der Waals surface area contributed by atoms with Gasteiger partial charge < -0.3 is 4.74 Å². The molecule has 11 heteroatoms. The quantitative estimate of drug-likeness (QED) is 0.444. The summed E-state index contributed by atoms with van der Waals surface area (Å²) in [6, 6.07) is 11.6. The van der Waals surface area contributed by atoms with Gasteiger partial charge in [0.25, 0.3) is 0 Å². The molecule has 0 aliphatic rings. The standard InChI is InChI=1S/C21H19BrF3N3O3S/c1-28(13-14-3-6-17(31-2)7-4-14)32(29,30)18-8-5-15(19(22)10-18)9-20-26-11-16(12-27-20)21(23,24)25/h3-8,10-12H,9,13H2,1-2H3. The molecule has 0 unspecified atom stereocenters. The van der Waals surface area contributed by atoms with Gasteiger partial charge in [-0.25, -0.2) is 18.4 Å². The molecule has 32 heavy (non-hydrogen) atoms. The van der Waals surface area contributed by atoms with Crippen LogP contribution in [0.3, 0.4) is 0 Å². The van der Waals surface area contributed by atoms with Crippen molar-refractivity contribution < 1.29 is 26.3 Å². The second-order valence-electron chi connectivity index (χ2n) is 6.92. The lowest BCUT2D eigenvalue weighted by atomic mass is 10.1. The fraction of sp³-hybridized carbons (Fsp3) is 0.238. The number of methoxy groups -OCH3 is 1. The van der Waals surface area contributed by atoms with E-state index in [4.69, 9.17) is 4.74 Å². The van der Waals surface area contributed by atoms with E-state index in [1.54, 1.807) is 37.4 Å². The average molecular weight is 530 g/mol. The van der Waals surface area contributed by atoms with Crippen molar-refractivity contribution in [1.29, 1.82) is 0 Å². The molecule has 1 aromatic heterocycles. The van der Waals surface area contributed by atoms with Crippen molar-refractivity contribution in [3.8, 4) is 5.75 Å². The highest BCUT2D eigenvalue weighted by atomic mass is 79.9. The van der Waals surface area contributed by atoms with Crippen molar-refractivity contribution in [3.63, 3.8) is 0 Å². The molecule has 0 atom stereocenters. The van der Waals surface area contributed by atoms with Gasteiger partial charge in [-0.2, -0.15) is 17.5 Å². The molecule has 0 bridgehead atoms. The van der Waals surface area contributed by atoms with E-state index >= 15 is 0 Å². The van der Waals surface area contributed by atoms with Crippen LogP contribution >= 0.6 is 15.9 Å². The van der Waals surface area contributed by atoms with E-state index in [0.29, 0.717) is 15.8 Å². The molecule has 0 radical (unpaired) electrons. The summed E-state index contributed by atoms with van der Waals surface area (Å²) in [4.78, 5) is 7.59. The minimum Gasteiger partial charge on any atom is -0.497 e. The minimum atomic E-state index is -4.51. The maximum atomic E-state index is 13.0. The Kier molecular flexibility index (Phi) is 7.21. The van der Waals surface area contributed by atoms with Gasteiger partial charge in [-0.15, -0.1) is 0 Å². The lowest BCUT2D eigenvalue weighted by Crippen LogP contribution is -2.26. The second kappa shape index (κ2) is 9.55. The molecule has 1 heterocycles. The molecule has 3 aromatic rings. The van der Waals surface area contributed by atoms with Crippen LogP contribution in [0.2, 0.25) is 0 Å². The molecule has 0 saturated carbocycles. The fourth-order valence-corrected chi connectivity index (χ4v) is 4.70. The molecular weight excluding hydrogens is 511 g/mol. The normalized spacial score (nSPS) is 12.2. The zero-order chi connectivity index (χ0) is 23.5. The number of hydrogen-bond acceptors (Lipinski definition) is 5. The van der Waals surface area contributed by atoms with Gasteiger partial charge in [-0.1, -0.05) is 34.1 Å². The zero-order valence-corrected chi connectivity index (χ0v) is 19.5. The first-order valence-electron chi connectivity index (χ1n) is 9.26. The maximum Gasteiger partial charge on any atom is 0.419 e.